The maximum absolute atomic E-state index is 9.12. The molecule has 0 saturated heterocycles. The minimum atomic E-state index is 0.251. The number of oxime groups is 2. The molecule has 4 heteroatoms. The van der Waals surface area contributed by atoms with Gasteiger partial charge in [-0.05, 0) is 11.1 Å². The van der Waals surface area contributed by atoms with Crippen LogP contribution in [0.4, 0.5) is 0 Å². The second-order valence-electron chi connectivity index (χ2n) is 4.00. The fraction of sp³-hybridized carbons (Fsp3) is 0.0667. The van der Waals surface area contributed by atoms with Gasteiger partial charge < -0.3 is 10.4 Å². The third-order valence-corrected chi connectivity index (χ3v) is 2.79. The third-order valence-electron chi connectivity index (χ3n) is 2.79. The molecule has 0 aromatic heterocycles. The van der Waals surface area contributed by atoms with E-state index in [2.05, 4.69) is 10.3 Å². The molecule has 19 heavy (non-hydrogen) atoms. The van der Waals surface area contributed by atoms with Crippen molar-refractivity contribution in [3.63, 3.8) is 0 Å². The SMILES string of the molecule is ON=C(CC(=NO)c1ccccc1)c1ccccc1. The van der Waals surface area contributed by atoms with Crippen LogP contribution in [0, 0.1) is 0 Å². The normalized spacial score (nSPS) is 12.4. The number of nitrogens with zero attached hydrogens (tertiary/aromatic N) is 2. The summed E-state index contributed by atoms with van der Waals surface area (Å²) in [5, 5.41) is 24.8. The molecule has 0 saturated carbocycles. The number of rotatable bonds is 4. The zero-order chi connectivity index (χ0) is 13.5. The third kappa shape index (κ3) is 3.19. The monoisotopic (exact) mass is 254 g/mol. The Kier molecular flexibility index (Phi) is 4.29. The molecule has 2 aromatic rings. The number of hydrogen-bond acceptors (Lipinski definition) is 4. The van der Waals surface area contributed by atoms with Gasteiger partial charge in [0.05, 0.1) is 11.4 Å². The summed E-state index contributed by atoms with van der Waals surface area (Å²) in [6.45, 7) is 0. The van der Waals surface area contributed by atoms with Crippen LogP contribution in [0.25, 0.3) is 0 Å². The van der Waals surface area contributed by atoms with Crippen LogP contribution < -0.4 is 0 Å². The largest absolute Gasteiger partial charge is 0.411 e. The molecule has 0 heterocycles. The van der Waals surface area contributed by atoms with E-state index in [0.717, 1.165) is 11.1 Å². The van der Waals surface area contributed by atoms with Crippen LogP contribution in [0.3, 0.4) is 0 Å². The van der Waals surface area contributed by atoms with E-state index in [9.17, 15) is 0 Å². The number of hydrogen-bond donors (Lipinski definition) is 2. The van der Waals surface area contributed by atoms with E-state index in [0.29, 0.717) is 11.4 Å². The highest BCUT2D eigenvalue weighted by atomic mass is 16.4. The van der Waals surface area contributed by atoms with Gasteiger partial charge in [-0.2, -0.15) is 0 Å². The Labute approximate surface area is 111 Å². The Morgan fingerprint density at radius 1 is 0.684 bits per heavy atom. The van der Waals surface area contributed by atoms with Crippen LogP contribution in [-0.4, -0.2) is 21.8 Å². The summed E-state index contributed by atoms with van der Waals surface area (Å²) in [6.07, 6.45) is 0.251. The van der Waals surface area contributed by atoms with Crippen molar-refractivity contribution in [2.75, 3.05) is 0 Å². The van der Waals surface area contributed by atoms with Crippen LogP contribution in [0.2, 0.25) is 0 Å². The van der Waals surface area contributed by atoms with Gasteiger partial charge in [0, 0.05) is 6.42 Å². The molecule has 0 unspecified atom stereocenters. The van der Waals surface area contributed by atoms with Crippen LogP contribution in [0.1, 0.15) is 17.5 Å². The van der Waals surface area contributed by atoms with Crippen molar-refractivity contribution in [3.05, 3.63) is 71.8 Å². The smallest absolute Gasteiger partial charge is 0.0928 e. The fourth-order valence-electron chi connectivity index (χ4n) is 1.81. The first kappa shape index (κ1) is 12.8. The average Bonchev–Trinajstić information content (AvgIpc) is 2.50. The lowest BCUT2D eigenvalue weighted by atomic mass is 10.0. The van der Waals surface area contributed by atoms with Gasteiger partial charge >= 0.3 is 0 Å². The van der Waals surface area contributed by atoms with Gasteiger partial charge in [-0.3, -0.25) is 0 Å². The maximum Gasteiger partial charge on any atom is 0.0928 e. The lowest BCUT2D eigenvalue weighted by molar-refractivity contribution is 0.316. The lowest BCUT2D eigenvalue weighted by Crippen LogP contribution is -2.11. The fourth-order valence-corrected chi connectivity index (χ4v) is 1.81. The van der Waals surface area contributed by atoms with Crippen molar-refractivity contribution in [2.45, 2.75) is 6.42 Å². The van der Waals surface area contributed by atoms with E-state index in [4.69, 9.17) is 10.4 Å². The van der Waals surface area contributed by atoms with E-state index >= 15 is 0 Å². The molecule has 0 amide bonds. The molecule has 2 N–H and O–H groups in total. The molecular weight excluding hydrogens is 240 g/mol. The Balaban J connectivity index is 2.24. The molecule has 96 valence electrons. The Morgan fingerprint density at radius 3 is 1.37 bits per heavy atom. The van der Waals surface area contributed by atoms with Crippen LogP contribution in [-0.2, 0) is 0 Å². The van der Waals surface area contributed by atoms with Gasteiger partial charge in [0.15, 0.2) is 0 Å². The van der Waals surface area contributed by atoms with Crippen molar-refractivity contribution >= 4 is 11.4 Å². The highest BCUT2D eigenvalue weighted by molar-refractivity contribution is 6.17. The highest BCUT2D eigenvalue weighted by Crippen LogP contribution is 2.10. The van der Waals surface area contributed by atoms with Gasteiger partial charge in [-0.15, -0.1) is 0 Å². The summed E-state index contributed by atoms with van der Waals surface area (Å²) in [5.74, 6) is 0. The van der Waals surface area contributed by atoms with Crippen molar-refractivity contribution in [3.8, 4) is 0 Å². The first-order valence-corrected chi connectivity index (χ1v) is 5.88. The molecule has 0 spiro atoms. The van der Waals surface area contributed by atoms with Gasteiger partial charge in [0.1, 0.15) is 0 Å². The average molecular weight is 254 g/mol. The molecule has 0 aliphatic heterocycles. The van der Waals surface area contributed by atoms with Crippen LogP contribution in [0.15, 0.2) is 71.0 Å². The summed E-state index contributed by atoms with van der Waals surface area (Å²) < 4.78 is 0. The first-order chi connectivity index (χ1) is 9.35. The molecule has 0 aliphatic rings. The first-order valence-electron chi connectivity index (χ1n) is 5.88. The quantitative estimate of drug-likeness (QED) is 0.500. The van der Waals surface area contributed by atoms with Gasteiger partial charge in [0.25, 0.3) is 0 Å². The van der Waals surface area contributed by atoms with Gasteiger partial charge in [0.2, 0.25) is 0 Å². The van der Waals surface area contributed by atoms with Crippen molar-refractivity contribution in [1.29, 1.82) is 0 Å². The predicted molar refractivity (Wildman–Crippen MR) is 74.1 cm³/mol. The molecule has 0 atom stereocenters. The van der Waals surface area contributed by atoms with E-state index in [1.807, 2.05) is 60.7 Å². The van der Waals surface area contributed by atoms with Crippen molar-refractivity contribution in [1.82, 2.24) is 0 Å². The van der Waals surface area contributed by atoms with Crippen molar-refractivity contribution < 1.29 is 10.4 Å². The highest BCUT2D eigenvalue weighted by Gasteiger charge is 2.11. The second kappa shape index (κ2) is 6.35. The zero-order valence-corrected chi connectivity index (χ0v) is 10.3. The van der Waals surface area contributed by atoms with Gasteiger partial charge in [-0.25, -0.2) is 0 Å². The van der Waals surface area contributed by atoms with E-state index in [1.54, 1.807) is 0 Å². The molecule has 4 nitrogen and oxygen atoms in total. The van der Waals surface area contributed by atoms with E-state index < -0.39 is 0 Å². The van der Waals surface area contributed by atoms with Crippen LogP contribution >= 0.6 is 0 Å². The summed E-state index contributed by atoms with van der Waals surface area (Å²) in [4.78, 5) is 0. The van der Waals surface area contributed by atoms with E-state index in [-0.39, 0.29) is 6.42 Å². The number of benzene rings is 2. The molecular formula is C15H14N2O2. The molecule has 2 rings (SSSR count). The summed E-state index contributed by atoms with van der Waals surface area (Å²) in [6, 6.07) is 18.6. The van der Waals surface area contributed by atoms with E-state index in [1.165, 1.54) is 0 Å². The lowest BCUT2D eigenvalue weighted by Gasteiger charge is -2.06. The zero-order valence-electron chi connectivity index (χ0n) is 10.3. The van der Waals surface area contributed by atoms with Gasteiger partial charge in [-0.1, -0.05) is 71.0 Å². The second-order valence-corrected chi connectivity index (χ2v) is 4.00. The topological polar surface area (TPSA) is 65.2 Å². The minimum absolute atomic E-state index is 0.251. The molecule has 0 radical (unpaired) electrons. The predicted octanol–water partition coefficient (Wildman–Crippen LogP) is 3.13. The Bertz CT molecular complexity index is 524. The standard InChI is InChI=1S/C15H14N2O2/c18-16-14(12-7-3-1-4-8-12)11-15(17-19)13-9-5-2-6-10-13/h1-10,18-19H,11H2. The molecule has 0 bridgehead atoms. The molecule has 0 fully saturated rings. The molecule has 0 aliphatic carbocycles. The van der Waals surface area contributed by atoms with Crippen molar-refractivity contribution in [2.24, 2.45) is 10.3 Å². The summed E-state index contributed by atoms with van der Waals surface area (Å²) in [7, 11) is 0. The summed E-state index contributed by atoms with van der Waals surface area (Å²) in [5.41, 5.74) is 2.50. The molecule has 2 aromatic carbocycles. The minimum Gasteiger partial charge on any atom is -0.411 e. The Morgan fingerprint density at radius 2 is 1.05 bits per heavy atom. The maximum atomic E-state index is 9.12. The Hall–Kier alpha value is -2.62. The summed E-state index contributed by atoms with van der Waals surface area (Å²) >= 11 is 0. The van der Waals surface area contributed by atoms with Crippen LogP contribution in [0.5, 0.6) is 0 Å².